The van der Waals surface area contributed by atoms with Gasteiger partial charge in [0.2, 0.25) is 0 Å². The molecule has 0 radical (unpaired) electrons. The fourth-order valence-corrected chi connectivity index (χ4v) is 2.42. The molecule has 7 nitrogen and oxygen atoms in total. The number of amides is 2. The number of benzene rings is 1. The van der Waals surface area contributed by atoms with E-state index in [0.29, 0.717) is 19.6 Å². The molecule has 1 aromatic rings. The maximum atomic E-state index is 12.1. The van der Waals surface area contributed by atoms with Crippen LogP contribution in [0.5, 0.6) is 0 Å². The van der Waals surface area contributed by atoms with Gasteiger partial charge in [-0.25, -0.2) is 9.59 Å². The number of aromatic carboxylic acids is 1. The van der Waals surface area contributed by atoms with Crippen molar-refractivity contribution >= 4 is 12.0 Å². The van der Waals surface area contributed by atoms with Gasteiger partial charge in [-0.1, -0.05) is 12.1 Å². The molecule has 22 heavy (non-hydrogen) atoms. The van der Waals surface area contributed by atoms with Crippen molar-refractivity contribution in [3.8, 4) is 0 Å². The van der Waals surface area contributed by atoms with Crippen molar-refractivity contribution in [2.24, 2.45) is 0 Å². The van der Waals surface area contributed by atoms with Gasteiger partial charge in [0.25, 0.3) is 0 Å². The van der Waals surface area contributed by atoms with E-state index >= 15 is 0 Å². The van der Waals surface area contributed by atoms with E-state index in [4.69, 9.17) is 14.6 Å². The van der Waals surface area contributed by atoms with Crippen LogP contribution >= 0.6 is 0 Å². The van der Waals surface area contributed by atoms with Gasteiger partial charge >= 0.3 is 12.0 Å². The predicted octanol–water partition coefficient (Wildman–Crippen LogP) is 0.940. The van der Waals surface area contributed by atoms with Crippen LogP contribution in [-0.4, -0.2) is 61.5 Å². The third-order valence-electron chi connectivity index (χ3n) is 3.75. The Balaban J connectivity index is 1.86. The zero-order valence-electron chi connectivity index (χ0n) is 12.6. The number of carbonyl (C=O) groups excluding carboxylic acids is 1. The maximum absolute atomic E-state index is 12.1. The monoisotopic (exact) mass is 308 g/mol. The van der Waals surface area contributed by atoms with Crippen molar-refractivity contribution in [3.63, 3.8) is 0 Å². The summed E-state index contributed by atoms with van der Waals surface area (Å²) >= 11 is 0. The van der Waals surface area contributed by atoms with Crippen LogP contribution < -0.4 is 5.32 Å². The summed E-state index contributed by atoms with van der Waals surface area (Å²) in [5.41, 5.74) is 1.06. The first kappa shape index (κ1) is 16.3. The number of nitrogens with one attached hydrogen (secondary N) is 1. The first-order valence-corrected chi connectivity index (χ1v) is 6.95. The lowest BCUT2D eigenvalue weighted by molar-refractivity contribution is -0.00461. The highest BCUT2D eigenvalue weighted by Crippen LogP contribution is 2.15. The smallest absolute Gasteiger partial charge is 0.335 e. The van der Waals surface area contributed by atoms with Crippen LogP contribution in [-0.2, 0) is 16.0 Å². The van der Waals surface area contributed by atoms with Crippen molar-refractivity contribution in [1.82, 2.24) is 10.2 Å². The molecule has 1 heterocycles. The Morgan fingerprint density at radius 1 is 1.18 bits per heavy atom. The zero-order chi connectivity index (χ0) is 16.1. The first-order chi connectivity index (χ1) is 10.5. The second-order valence-corrected chi connectivity index (χ2v) is 5.11. The summed E-state index contributed by atoms with van der Waals surface area (Å²) in [4.78, 5) is 24.5. The molecule has 0 aromatic heterocycles. The van der Waals surface area contributed by atoms with Crippen molar-refractivity contribution in [2.75, 3.05) is 27.3 Å². The van der Waals surface area contributed by atoms with Gasteiger partial charge in [0, 0.05) is 20.8 Å². The highest BCUT2D eigenvalue weighted by molar-refractivity contribution is 5.87. The van der Waals surface area contributed by atoms with E-state index in [-0.39, 0.29) is 23.8 Å². The summed E-state index contributed by atoms with van der Waals surface area (Å²) < 4.78 is 10.6. The molecular weight excluding hydrogens is 288 g/mol. The number of likely N-dealkylation sites (tertiary alicyclic amines) is 1. The second-order valence-electron chi connectivity index (χ2n) is 5.11. The number of carboxylic acids is 1. The molecule has 1 aromatic carbocycles. The van der Waals surface area contributed by atoms with Crippen LogP contribution in [0.15, 0.2) is 24.3 Å². The van der Waals surface area contributed by atoms with E-state index in [1.807, 2.05) is 0 Å². The molecule has 120 valence electrons. The minimum atomic E-state index is -0.969. The largest absolute Gasteiger partial charge is 0.478 e. The van der Waals surface area contributed by atoms with Crippen molar-refractivity contribution in [3.05, 3.63) is 35.4 Å². The summed E-state index contributed by atoms with van der Waals surface area (Å²) in [7, 11) is 3.20. The number of carboxylic acid groups (broad SMARTS) is 1. The minimum Gasteiger partial charge on any atom is -0.478 e. The van der Waals surface area contributed by atoms with Crippen molar-refractivity contribution in [2.45, 2.75) is 18.8 Å². The quantitative estimate of drug-likeness (QED) is 0.845. The Morgan fingerprint density at radius 3 is 2.18 bits per heavy atom. The van der Waals surface area contributed by atoms with Gasteiger partial charge in [-0.3, -0.25) is 0 Å². The zero-order valence-corrected chi connectivity index (χ0v) is 12.6. The molecule has 1 aliphatic rings. The van der Waals surface area contributed by atoms with Crippen LogP contribution in [0.2, 0.25) is 0 Å². The van der Waals surface area contributed by atoms with E-state index in [9.17, 15) is 9.59 Å². The summed E-state index contributed by atoms with van der Waals surface area (Å²) in [5.74, 6) is -0.969. The van der Waals surface area contributed by atoms with E-state index < -0.39 is 5.97 Å². The maximum Gasteiger partial charge on any atom is 0.335 e. The molecule has 0 unspecified atom stereocenters. The number of urea groups is 1. The standard InChI is InChI=1S/C15H20N2O5/c1-21-12-8-17(9-13(12)22-2)15(20)16-7-10-3-5-11(6-4-10)14(18)19/h3-6,12-13H,7-9H2,1-2H3,(H,16,20)(H,18,19)/t12-,13+. The van der Waals surface area contributed by atoms with Crippen LogP contribution in [0.25, 0.3) is 0 Å². The number of ether oxygens (including phenoxy) is 2. The third kappa shape index (κ3) is 3.75. The highest BCUT2D eigenvalue weighted by Gasteiger charge is 2.35. The highest BCUT2D eigenvalue weighted by atomic mass is 16.5. The van der Waals surface area contributed by atoms with Gasteiger partial charge in [0.1, 0.15) is 12.2 Å². The van der Waals surface area contributed by atoms with Gasteiger partial charge in [-0.15, -0.1) is 0 Å². The lowest BCUT2D eigenvalue weighted by atomic mass is 10.1. The first-order valence-electron chi connectivity index (χ1n) is 6.95. The number of carbonyl (C=O) groups is 2. The molecular formula is C15H20N2O5. The van der Waals surface area contributed by atoms with Gasteiger partial charge in [-0.05, 0) is 17.7 Å². The van der Waals surface area contributed by atoms with Crippen LogP contribution in [0.4, 0.5) is 4.79 Å². The summed E-state index contributed by atoms with van der Waals surface area (Å²) in [5, 5.41) is 11.6. The summed E-state index contributed by atoms with van der Waals surface area (Å²) in [6, 6.07) is 6.21. The SMILES string of the molecule is CO[C@H]1CN(C(=O)NCc2ccc(C(=O)O)cc2)C[C@H]1OC. The van der Waals surface area contributed by atoms with Gasteiger partial charge in [0.05, 0.1) is 18.7 Å². The van der Waals surface area contributed by atoms with Crippen molar-refractivity contribution < 1.29 is 24.2 Å². The fourth-order valence-electron chi connectivity index (χ4n) is 2.42. The predicted molar refractivity (Wildman–Crippen MR) is 78.8 cm³/mol. The molecule has 0 aliphatic carbocycles. The van der Waals surface area contributed by atoms with E-state index in [0.717, 1.165) is 5.56 Å². The van der Waals surface area contributed by atoms with E-state index in [2.05, 4.69) is 5.32 Å². The normalized spacial score (nSPS) is 20.9. The fraction of sp³-hybridized carbons (Fsp3) is 0.467. The molecule has 0 bridgehead atoms. The number of rotatable bonds is 5. The Kier molecular flexibility index (Phi) is 5.35. The van der Waals surface area contributed by atoms with Gasteiger partial charge < -0.3 is 24.8 Å². The molecule has 2 N–H and O–H groups in total. The minimum absolute atomic E-state index is 0.120. The number of methoxy groups -OCH3 is 2. The Bertz CT molecular complexity index is 519. The Labute approximate surface area is 128 Å². The number of hydrogen-bond donors (Lipinski definition) is 2. The second kappa shape index (κ2) is 7.24. The average molecular weight is 308 g/mol. The summed E-state index contributed by atoms with van der Waals surface area (Å²) in [6.07, 6.45) is -0.240. The molecule has 2 rings (SSSR count). The van der Waals surface area contributed by atoms with E-state index in [1.54, 1.807) is 31.3 Å². The molecule has 2 amide bonds. The molecule has 7 heteroatoms. The molecule has 0 spiro atoms. The third-order valence-corrected chi connectivity index (χ3v) is 3.75. The average Bonchev–Trinajstić information content (AvgIpc) is 2.96. The van der Waals surface area contributed by atoms with Crippen LogP contribution in [0.3, 0.4) is 0 Å². The molecule has 1 aliphatic heterocycles. The van der Waals surface area contributed by atoms with Gasteiger partial charge in [-0.2, -0.15) is 0 Å². The van der Waals surface area contributed by atoms with Crippen LogP contribution in [0.1, 0.15) is 15.9 Å². The number of nitrogens with zero attached hydrogens (tertiary/aromatic N) is 1. The van der Waals surface area contributed by atoms with Gasteiger partial charge in [0.15, 0.2) is 0 Å². The molecule has 2 atom stereocenters. The number of hydrogen-bond acceptors (Lipinski definition) is 4. The van der Waals surface area contributed by atoms with Crippen LogP contribution in [0, 0.1) is 0 Å². The Morgan fingerprint density at radius 2 is 1.73 bits per heavy atom. The summed E-state index contributed by atoms with van der Waals surface area (Å²) in [6.45, 7) is 1.31. The molecule has 1 fully saturated rings. The van der Waals surface area contributed by atoms with Crippen molar-refractivity contribution in [1.29, 1.82) is 0 Å². The lowest BCUT2D eigenvalue weighted by Crippen LogP contribution is -2.38. The van der Waals surface area contributed by atoms with E-state index in [1.165, 1.54) is 12.1 Å². The molecule has 0 saturated carbocycles. The topological polar surface area (TPSA) is 88.1 Å². The molecule has 1 saturated heterocycles. The Hall–Kier alpha value is -2.12. The lowest BCUT2D eigenvalue weighted by Gasteiger charge is -2.16.